The second-order valence-electron chi connectivity index (χ2n) is 10.9. The SMILES string of the molecule is Cc1noc(C)c1CCNC(=O)c1ccc(-c2cccc(C(F)(F)F)c2)c2c1CN(C(=O)NC(C)(C)C)CC2. The van der Waals surface area contributed by atoms with Gasteiger partial charge in [0.15, 0.2) is 0 Å². The molecule has 3 amide bonds. The predicted molar refractivity (Wildman–Crippen MR) is 141 cm³/mol. The second kappa shape index (κ2) is 10.7. The molecule has 0 atom stereocenters. The van der Waals surface area contributed by atoms with E-state index in [4.69, 9.17) is 4.52 Å². The van der Waals surface area contributed by atoms with Crippen LogP contribution < -0.4 is 10.6 Å². The van der Waals surface area contributed by atoms with Crippen LogP contribution in [0.4, 0.5) is 18.0 Å². The number of nitrogens with one attached hydrogen (secondary N) is 2. The van der Waals surface area contributed by atoms with Gasteiger partial charge in [0.25, 0.3) is 5.91 Å². The van der Waals surface area contributed by atoms with Gasteiger partial charge < -0.3 is 20.1 Å². The van der Waals surface area contributed by atoms with Crippen molar-refractivity contribution in [3.63, 3.8) is 0 Å². The normalized spacial score (nSPS) is 13.7. The summed E-state index contributed by atoms with van der Waals surface area (Å²) in [6, 6.07) is 8.24. The lowest BCUT2D eigenvalue weighted by Gasteiger charge is -2.34. The smallest absolute Gasteiger partial charge is 0.361 e. The fourth-order valence-electron chi connectivity index (χ4n) is 4.85. The Morgan fingerprint density at radius 1 is 1.08 bits per heavy atom. The Morgan fingerprint density at radius 3 is 2.46 bits per heavy atom. The number of urea groups is 1. The average molecular weight is 543 g/mol. The summed E-state index contributed by atoms with van der Waals surface area (Å²) in [5.74, 6) is 0.386. The maximum Gasteiger partial charge on any atom is 0.416 e. The van der Waals surface area contributed by atoms with E-state index in [0.717, 1.165) is 29.0 Å². The molecule has 0 unspecified atom stereocenters. The van der Waals surface area contributed by atoms with Gasteiger partial charge in [-0.25, -0.2) is 4.79 Å². The molecule has 208 valence electrons. The predicted octanol–water partition coefficient (Wildman–Crippen LogP) is 5.82. The van der Waals surface area contributed by atoms with Gasteiger partial charge in [0.1, 0.15) is 5.76 Å². The van der Waals surface area contributed by atoms with Gasteiger partial charge in [0.2, 0.25) is 0 Å². The van der Waals surface area contributed by atoms with E-state index in [9.17, 15) is 22.8 Å². The third-order valence-corrected chi connectivity index (χ3v) is 6.77. The molecular weight excluding hydrogens is 509 g/mol. The monoisotopic (exact) mass is 542 g/mol. The van der Waals surface area contributed by atoms with E-state index in [1.165, 1.54) is 6.07 Å². The molecule has 1 aromatic heterocycles. The molecule has 2 heterocycles. The Balaban J connectivity index is 1.67. The summed E-state index contributed by atoms with van der Waals surface area (Å²) in [7, 11) is 0. The van der Waals surface area contributed by atoms with E-state index in [1.54, 1.807) is 23.1 Å². The Labute approximate surface area is 225 Å². The fourth-order valence-corrected chi connectivity index (χ4v) is 4.85. The zero-order chi connectivity index (χ0) is 28.5. The quantitative estimate of drug-likeness (QED) is 0.426. The van der Waals surface area contributed by atoms with Crippen molar-refractivity contribution in [3.05, 3.63) is 75.7 Å². The van der Waals surface area contributed by atoms with Crippen LogP contribution in [-0.4, -0.2) is 40.6 Å². The van der Waals surface area contributed by atoms with Crippen LogP contribution >= 0.6 is 0 Å². The van der Waals surface area contributed by atoms with Crippen molar-refractivity contribution in [1.29, 1.82) is 0 Å². The maximum absolute atomic E-state index is 13.4. The lowest BCUT2D eigenvalue weighted by Crippen LogP contribution is -2.50. The number of nitrogens with zero attached hydrogens (tertiary/aromatic N) is 2. The fraction of sp³-hybridized carbons (Fsp3) is 0.414. The Kier molecular flexibility index (Phi) is 7.77. The lowest BCUT2D eigenvalue weighted by molar-refractivity contribution is -0.137. The number of carbonyl (C=O) groups excluding carboxylic acids is 2. The number of halogens is 3. The number of carbonyl (C=O) groups is 2. The van der Waals surface area contributed by atoms with Crippen molar-refractivity contribution in [1.82, 2.24) is 20.7 Å². The first-order valence-electron chi connectivity index (χ1n) is 12.8. The minimum Gasteiger partial charge on any atom is -0.361 e. The van der Waals surface area contributed by atoms with E-state index in [1.807, 2.05) is 34.6 Å². The molecule has 0 saturated heterocycles. The molecule has 2 N–H and O–H groups in total. The van der Waals surface area contributed by atoms with Gasteiger partial charge in [-0.15, -0.1) is 0 Å². The van der Waals surface area contributed by atoms with Gasteiger partial charge >= 0.3 is 12.2 Å². The van der Waals surface area contributed by atoms with Crippen molar-refractivity contribution in [3.8, 4) is 11.1 Å². The van der Waals surface area contributed by atoms with Crippen LogP contribution in [0.5, 0.6) is 0 Å². The van der Waals surface area contributed by atoms with E-state index < -0.39 is 17.3 Å². The molecule has 7 nitrogen and oxygen atoms in total. The number of amides is 3. The lowest BCUT2D eigenvalue weighted by atomic mass is 9.87. The molecule has 0 radical (unpaired) electrons. The van der Waals surface area contributed by atoms with Gasteiger partial charge in [-0.1, -0.05) is 23.4 Å². The van der Waals surface area contributed by atoms with E-state index in [0.29, 0.717) is 53.9 Å². The number of aromatic nitrogens is 1. The third kappa shape index (κ3) is 6.43. The molecule has 0 aliphatic carbocycles. The summed E-state index contributed by atoms with van der Waals surface area (Å²) in [5.41, 5.74) is 3.35. The van der Waals surface area contributed by atoms with Crippen molar-refractivity contribution in [2.45, 2.75) is 65.7 Å². The Morgan fingerprint density at radius 2 is 1.82 bits per heavy atom. The van der Waals surface area contributed by atoms with Crippen molar-refractivity contribution in [2.75, 3.05) is 13.1 Å². The van der Waals surface area contributed by atoms with Crippen LogP contribution in [0.25, 0.3) is 11.1 Å². The molecule has 10 heteroatoms. The van der Waals surface area contributed by atoms with E-state index in [-0.39, 0.29) is 18.5 Å². The first-order chi connectivity index (χ1) is 18.2. The van der Waals surface area contributed by atoms with E-state index >= 15 is 0 Å². The summed E-state index contributed by atoms with van der Waals surface area (Å²) in [5, 5.41) is 9.82. The summed E-state index contributed by atoms with van der Waals surface area (Å²) in [6.07, 6.45) is -3.53. The standard InChI is InChI=1S/C29H33F3N4O3/c1-17-21(18(2)39-35-17)11-13-33-26(37)24-10-9-22(19-7-6-8-20(15-19)29(30,31)32)23-12-14-36(16-25(23)24)27(38)34-28(3,4)5/h6-10,15H,11-14,16H2,1-5H3,(H,33,37)(H,34,38). The zero-order valence-corrected chi connectivity index (χ0v) is 22.8. The van der Waals surface area contributed by atoms with Crippen LogP contribution in [0.3, 0.4) is 0 Å². The summed E-state index contributed by atoms with van der Waals surface area (Å²) in [6.45, 7) is 10.2. The average Bonchev–Trinajstić information content (AvgIpc) is 3.18. The van der Waals surface area contributed by atoms with Gasteiger partial charge in [-0.05, 0) is 87.9 Å². The molecule has 2 aromatic carbocycles. The van der Waals surface area contributed by atoms with Gasteiger partial charge in [-0.2, -0.15) is 13.2 Å². The highest BCUT2D eigenvalue weighted by molar-refractivity contribution is 5.97. The van der Waals surface area contributed by atoms with Gasteiger partial charge in [-0.3, -0.25) is 4.79 Å². The highest BCUT2D eigenvalue weighted by Crippen LogP contribution is 2.36. The molecule has 0 spiro atoms. The number of alkyl halides is 3. The number of hydrogen-bond donors (Lipinski definition) is 2. The van der Waals surface area contributed by atoms with Crippen LogP contribution in [0.1, 0.15) is 64.8 Å². The number of rotatable bonds is 5. The molecule has 4 rings (SSSR count). The molecule has 1 aliphatic heterocycles. The van der Waals surface area contributed by atoms with Crippen LogP contribution in [0.2, 0.25) is 0 Å². The highest BCUT2D eigenvalue weighted by atomic mass is 19.4. The first kappa shape index (κ1) is 28.2. The maximum atomic E-state index is 13.4. The highest BCUT2D eigenvalue weighted by Gasteiger charge is 2.32. The number of hydrogen-bond acceptors (Lipinski definition) is 4. The third-order valence-electron chi connectivity index (χ3n) is 6.77. The van der Waals surface area contributed by atoms with Crippen LogP contribution in [0, 0.1) is 13.8 Å². The molecule has 1 aliphatic rings. The van der Waals surface area contributed by atoms with Crippen molar-refractivity contribution < 1.29 is 27.3 Å². The molecular formula is C29H33F3N4O3. The topological polar surface area (TPSA) is 87.5 Å². The Hall–Kier alpha value is -3.82. The van der Waals surface area contributed by atoms with Crippen molar-refractivity contribution >= 4 is 11.9 Å². The Bertz CT molecular complexity index is 1370. The van der Waals surface area contributed by atoms with Crippen LogP contribution in [-0.2, 0) is 25.6 Å². The molecule has 0 fully saturated rings. The molecule has 3 aromatic rings. The van der Waals surface area contributed by atoms with Crippen molar-refractivity contribution in [2.24, 2.45) is 0 Å². The summed E-state index contributed by atoms with van der Waals surface area (Å²) >= 11 is 0. The summed E-state index contributed by atoms with van der Waals surface area (Å²) in [4.78, 5) is 27.9. The van der Waals surface area contributed by atoms with Gasteiger partial charge in [0.05, 0.1) is 11.3 Å². The van der Waals surface area contributed by atoms with E-state index in [2.05, 4.69) is 15.8 Å². The zero-order valence-electron chi connectivity index (χ0n) is 22.8. The minimum absolute atomic E-state index is 0.163. The number of fused-ring (bicyclic) bond motifs is 1. The first-order valence-corrected chi connectivity index (χ1v) is 12.8. The number of aryl methyl sites for hydroxylation is 2. The van der Waals surface area contributed by atoms with Gasteiger partial charge in [0, 0.05) is 36.3 Å². The second-order valence-corrected chi connectivity index (χ2v) is 10.9. The molecule has 0 saturated carbocycles. The minimum atomic E-state index is -4.47. The summed E-state index contributed by atoms with van der Waals surface area (Å²) < 4.78 is 45.5. The number of benzene rings is 2. The van der Waals surface area contributed by atoms with Crippen LogP contribution in [0.15, 0.2) is 40.9 Å². The molecule has 0 bridgehead atoms. The largest absolute Gasteiger partial charge is 0.416 e. The molecule has 39 heavy (non-hydrogen) atoms.